The van der Waals surface area contributed by atoms with Gasteiger partial charge in [-0.2, -0.15) is 13.2 Å². The summed E-state index contributed by atoms with van der Waals surface area (Å²) in [5, 5.41) is 11.2. The zero-order chi connectivity index (χ0) is 15.3. The predicted octanol–water partition coefficient (Wildman–Crippen LogP) is 3.89. The predicted molar refractivity (Wildman–Crippen MR) is 72.6 cm³/mol. The molecule has 1 N–H and O–H groups in total. The first-order chi connectivity index (χ1) is 9.94. The number of phenolic OH excluding ortho intramolecular Hbond substituents is 1. The minimum atomic E-state index is -4.29. The first-order valence-corrected chi connectivity index (χ1v) is 6.44. The van der Waals surface area contributed by atoms with Crippen molar-refractivity contribution in [1.29, 1.82) is 0 Å². The normalized spacial score (nSPS) is 11.8. The molecule has 0 aromatic heterocycles. The quantitative estimate of drug-likeness (QED) is 0.822. The van der Waals surface area contributed by atoms with Gasteiger partial charge in [-0.25, -0.2) is 0 Å². The van der Waals surface area contributed by atoms with Gasteiger partial charge in [0.25, 0.3) is 0 Å². The second kappa shape index (κ2) is 6.67. The van der Waals surface area contributed by atoms with E-state index in [-0.39, 0.29) is 19.0 Å². The van der Waals surface area contributed by atoms with Crippen LogP contribution < -0.4 is 4.74 Å². The fraction of sp³-hybridized carbons (Fsp3) is 0.333. The zero-order valence-electron chi connectivity index (χ0n) is 11.2. The fourth-order valence-corrected chi connectivity index (χ4v) is 1.84. The SMILES string of the molecule is Oc1ccc2ccc(OCCCOCC(F)(F)F)cc2c1. The lowest BCUT2D eigenvalue weighted by Gasteiger charge is -2.09. The van der Waals surface area contributed by atoms with Gasteiger partial charge in [0, 0.05) is 6.42 Å². The van der Waals surface area contributed by atoms with Gasteiger partial charge in [0.1, 0.15) is 18.1 Å². The van der Waals surface area contributed by atoms with Gasteiger partial charge in [-0.3, -0.25) is 0 Å². The minimum absolute atomic E-state index is 0.00607. The second-order valence-corrected chi connectivity index (χ2v) is 4.56. The third-order valence-corrected chi connectivity index (χ3v) is 2.76. The molecule has 2 aromatic rings. The van der Waals surface area contributed by atoms with E-state index in [1.807, 2.05) is 6.07 Å². The van der Waals surface area contributed by atoms with Crippen molar-refractivity contribution in [3.05, 3.63) is 36.4 Å². The summed E-state index contributed by atoms with van der Waals surface area (Å²) in [5.74, 6) is 0.768. The third kappa shape index (κ3) is 5.15. The maximum atomic E-state index is 11.8. The Hall–Kier alpha value is -1.95. The molecule has 0 heterocycles. The maximum absolute atomic E-state index is 11.8. The molecular formula is C15H15F3O3. The van der Waals surface area contributed by atoms with Gasteiger partial charge in [0.2, 0.25) is 0 Å². The van der Waals surface area contributed by atoms with E-state index in [0.29, 0.717) is 12.2 Å². The number of benzene rings is 2. The van der Waals surface area contributed by atoms with E-state index in [9.17, 15) is 18.3 Å². The van der Waals surface area contributed by atoms with E-state index < -0.39 is 12.8 Å². The topological polar surface area (TPSA) is 38.7 Å². The molecule has 2 rings (SSSR count). The smallest absolute Gasteiger partial charge is 0.411 e. The van der Waals surface area contributed by atoms with E-state index >= 15 is 0 Å². The van der Waals surface area contributed by atoms with Crippen molar-refractivity contribution < 1.29 is 27.8 Å². The summed E-state index contributed by atoms with van der Waals surface area (Å²) in [6.45, 7) is -0.974. The largest absolute Gasteiger partial charge is 0.508 e. The standard InChI is InChI=1S/C15H15F3O3/c16-15(17,18)10-20-6-1-7-21-14-5-3-11-2-4-13(19)8-12(11)9-14/h2-5,8-9,19H,1,6-7,10H2. The molecule has 0 amide bonds. The summed E-state index contributed by atoms with van der Waals surface area (Å²) in [5.41, 5.74) is 0. The third-order valence-electron chi connectivity index (χ3n) is 2.76. The lowest BCUT2D eigenvalue weighted by atomic mass is 10.1. The summed E-state index contributed by atoms with van der Waals surface area (Å²) in [6.07, 6.45) is -3.92. The molecule has 6 heteroatoms. The van der Waals surface area contributed by atoms with Crippen molar-refractivity contribution >= 4 is 10.8 Å². The van der Waals surface area contributed by atoms with Crippen LogP contribution in [0.1, 0.15) is 6.42 Å². The lowest BCUT2D eigenvalue weighted by Crippen LogP contribution is -2.18. The van der Waals surface area contributed by atoms with Crippen LogP contribution in [0.2, 0.25) is 0 Å². The van der Waals surface area contributed by atoms with Crippen LogP contribution in [-0.2, 0) is 4.74 Å². The molecule has 114 valence electrons. The highest BCUT2D eigenvalue weighted by molar-refractivity contribution is 5.85. The summed E-state index contributed by atoms with van der Waals surface area (Å²) in [4.78, 5) is 0. The van der Waals surface area contributed by atoms with Crippen molar-refractivity contribution in [1.82, 2.24) is 0 Å². The van der Waals surface area contributed by atoms with Crippen molar-refractivity contribution in [2.75, 3.05) is 19.8 Å². The van der Waals surface area contributed by atoms with E-state index in [2.05, 4.69) is 4.74 Å². The van der Waals surface area contributed by atoms with Crippen LogP contribution in [0.5, 0.6) is 11.5 Å². The molecule has 0 bridgehead atoms. The maximum Gasteiger partial charge on any atom is 0.411 e. The monoisotopic (exact) mass is 300 g/mol. The highest BCUT2D eigenvalue weighted by Gasteiger charge is 2.27. The molecule has 0 aliphatic heterocycles. The Morgan fingerprint density at radius 3 is 2.48 bits per heavy atom. The van der Waals surface area contributed by atoms with E-state index in [4.69, 9.17) is 4.74 Å². The molecule has 0 atom stereocenters. The fourth-order valence-electron chi connectivity index (χ4n) is 1.84. The Morgan fingerprint density at radius 1 is 0.952 bits per heavy atom. The van der Waals surface area contributed by atoms with Crippen LogP contribution in [0.3, 0.4) is 0 Å². The summed E-state index contributed by atoms with van der Waals surface area (Å²) < 4.78 is 45.4. The first-order valence-electron chi connectivity index (χ1n) is 6.44. The number of aromatic hydroxyl groups is 1. The molecule has 2 aromatic carbocycles. The van der Waals surface area contributed by atoms with Crippen LogP contribution in [-0.4, -0.2) is 31.1 Å². The van der Waals surface area contributed by atoms with Gasteiger partial charge in [0.05, 0.1) is 13.2 Å². The van der Waals surface area contributed by atoms with E-state index in [1.165, 1.54) is 0 Å². The molecule has 0 saturated carbocycles. The number of hydrogen-bond donors (Lipinski definition) is 1. The van der Waals surface area contributed by atoms with Gasteiger partial charge in [-0.05, 0) is 35.0 Å². The van der Waals surface area contributed by atoms with Crippen LogP contribution in [0.4, 0.5) is 13.2 Å². The summed E-state index contributed by atoms with van der Waals surface area (Å²) in [7, 11) is 0. The zero-order valence-corrected chi connectivity index (χ0v) is 11.2. The van der Waals surface area contributed by atoms with E-state index in [0.717, 1.165) is 10.8 Å². The van der Waals surface area contributed by atoms with Gasteiger partial charge in [0.15, 0.2) is 0 Å². The summed E-state index contributed by atoms with van der Waals surface area (Å²) >= 11 is 0. The number of rotatable bonds is 6. The average molecular weight is 300 g/mol. The molecule has 0 aliphatic rings. The van der Waals surface area contributed by atoms with Gasteiger partial charge in [-0.15, -0.1) is 0 Å². The Morgan fingerprint density at radius 2 is 1.71 bits per heavy atom. The van der Waals surface area contributed by atoms with Crippen LogP contribution in [0.25, 0.3) is 10.8 Å². The van der Waals surface area contributed by atoms with Crippen LogP contribution >= 0.6 is 0 Å². The van der Waals surface area contributed by atoms with Crippen LogP contribution in [0, 0.1) is 0 Å². The number of ether oxygens (including phenoxy) is 2. The first kappa shape index (κ1) is 15.4. The highest BCUT2D eigenvalue weighted by atomic mass is 19.4. The molecule has 3 nitrogen and oxygen atoms in total. The highest BCUT2D eigenvalue weighted by Crippen LogP contribution is 2.24. The molecular weight excluding hydrogens is 285 g/mol. The molecule has 0 saturated heterocycles. The molecule has 0 aliphatic carbocycles. The Labute approximate surface area is 119 Å². The Kier molecular flexibility index (Phi) is 4.90. The molecule has 0 spiro atoms. The minimum Gasteiger partial charge on any atom is -0.508 e. The molecule has 0 radical (unpaired) electrons. The van der Waals surface area contributed by atoms with Crippen molar-refractivity contribution in [2.45, 2.75) is 12.6 Å². The van der Waals surface area contributed by atoms with Gasteiger partial charge in [-0.1, -0.05) is 12.1 Å². The Bertz CT molecular complexity index is 596. The second-order valence-electron chi connectivity index (χ2n) is 4.56. The van der Waals surface area contributed by atoms with Crippen molar-refractivity contribution in [3.63, 3.8) is 0 Å². The number of fused-ring (bicyclic) bond motifs is 1. The number of hydrogen-bond acceptors (Lipinski definition) is 3. The van der Waals surface area contributed by atoms with Gasteiger partial charge >= 0.3 is 6.18 Å². The summed E-state index contributed by atoms with van der Waals surface area (Å²) in [6, 6.07) is 10.4. The van der Waals surface area contributed by atoms with Crippen molar-refractivity contribution in [2.24, 2.45) is 0 Å². The number of phenols is 1. The number of alkyl halides is 3. The molecule has 0 unspecified atom stereocenters. The average Bonchev–Trinajstić information content (AvgIpc) is 2.41. The van der Waals surface area contributed by atoms with Crippen LogP contribution in [0.15, 0.2) is 36.4 Å². The Balaban J connectivity index is 1.78. The molecule has 21 heavy (non-hydrogen) atoms. The number of halogens is 3. The lowest BCUT2D eigenvalue weighted by molar-refractivity contribution is -0.174. The van der Waals surface area contributed by atoms with Crippen molar-refractivity contribution in [3.8, 4) is 11.5 Å². The van der Waals surface area contributed by atoms with Gasteiger partial charge < -0.3 is 14.6 Å². The van der Waals surface area contributed by atoms with E-state index in [1.54, 1.807) is 30.3 Å². The molecule has 0 fully saturated rings.